The van der Waals surface area contributed by atoms with Gasteiger partial charge in [-0.1, -0.05) is 19.1 Å². The van der Waals surface area contributed by atoms with Crippen molar-refractivity contribution in [3.05, 3.63) is 39.9 Å². The maximum absolute atomic E-state index is 10.6. The third-order valence-corrected chi connectivity index (χ3v) is 2.38. The topological polar surface area (TPSA) is 90.7 Å². The summed E-state index contributed by atoms with van der Waals surface area (Å²) in [5.74, 6) is -1.13. The molecule has 1 aromatic carbocycles. The van der Waals surface area contributed by atoms with E-state index < -0.39 is 10.8 Å². The first kappa shape index (κ1) is 11.7. The number of rotatable bonds is 3. The van der Waals surface area contributed by atoms with Gasteiger partial charge in [-0.15, -0.1) is 0 Å². The van der Waals surface area contributed by atoms with Crippen molar-refractivity contribution < 1.29 is 4.92 Å². The van der Waals surface area contributed by atoms with Crippen molar-refractivity contribution in [1.29, 1.82) is 10.5 Å². The number of nitrogens with zero attached hydrogens (tertiary/aromatic N) is 3. The van der Waals surface area contributed by atoms with Gasteiger partial charge in [0.25, 0.3) is 5.69 Å². The fourth-order valence-corrected chi connectivity index (χ4v) is 1.37. The van der Waals surface area contributed by atoms with Crippen molar-refractivity contribution in [1.82, 2.24) is 0 Å². The molecule has 0 aliphatic heterocycles. The molecular weight excluding hydrogens is 206 g/mol. The average Bonchev–Trinajstić information content (AvgIpc) is 2.30. The molecule has 0 amide bonds. The lowest BCUT2D eigenvalue weighted by atomic mass is 9.89. The summed E-state index contributed by atoms with van der Waals surface area (Å²) in [5, 5.41) is 28.0. The summed E-state index contributed by atoms with van der Waals surface area (Å²) in [5.41, 5.74) is 0.598. The van der Waals surface area contributed by atoms with Crippen LogP contribution in [0.3, 0.4) is 0 Å². The van der Waals surface area contributed by atoms with Crippen molar-refractivity contribution in [3.63, 3.8) is 0 Å². The van der Waals surface area contributed by atoms with Gasteiger partial charge in [-0.2, -0.15) is 10.5 Å². The zero-order valence-corrected chi connectivity index (χ0v) is 8.62. The Hall–Kier alpha value is -2.40. The van der Waals surface area contributed by atoms with E-state index in [1.54, 1.807) is 19.1 Å². The predicted octanol–water partition coefficient (Wildman–Crippen LogP) is 2.36. The minimum absolute atomic E-state index is 0.0287. The smallest absolute Gasteiger partial charge is 0.258 e. The van der Waals surface area contributed by atoms with E-state index in [0.29, 0.717) is 5.56 Å². The fourth-order valence-electron chi connectivity index (χ4n) is 1.37. The lowest BCUT2D eigenvalue weighted by Gasteiger charge is -2.11. The van der Waals surface area contributed by atoms with Crippen molar-refractivity contribution in [2.75, 3.05) is 0 Å². The summed E-state index contributed by atoms with van der Waals surface area (Å²) in [6.45, 7) is 1.70. The quantitative estimate of drug-likeness (QED) is 0.571. The zero-order chi connectivity index (χ0) is 12.1. The molecule has 5 heteroatoms. The van der Waals surface area contributed by atoms with Crippen LogP contribution in [0.5, 0.6) is 0 Å². The molecule has 0 heterocycles. The molecule has 80 valence electrons. The average molecular weight is 215 g/mol. The Balaban J connectivity index is 3.06. The summed E-state index contributed by atoms with van der Waals surface area (Å²) in [6, 6.07) is 9.74. The largest absolute Gasteiger partial charge is 0.269 e. The molecule has 0 radical (unpaired) electrons. The minimum Gasteiger partial charge on any atom is -0.258 e. The highest BCUT2D eigenvalue weighted by atomic mass is 16.6. The van der Waals surface area contributed by atoms with Gasteiger partial charge in [-0.05, 0) is 5.56 Å². The molecular formula is C11H9N3O2. The lowest BCUT2D eigenvalue weighted by molar-refractivity contribution is -0.384. The molecule has 0 aromatic heterocycles. The maximum Gasteiger partial charge on any atom is 0.269 e. The van der Waals surface area contributed by atoms with E-state index in [4.69, 9.17) is 10.5 Å². The van der Waals surface area contributed by atoms with Gasteiger partial charge in [-0.3, -0.25) is 10.1 Å². The minimum atomic E-state index is -0.790. The standard InChI is InChI=1S/C11H9N3O2/c1-8(10(6-12)7-13)9-3-2-4-11(5-9)14(15)16/h2-5,8,10H,1H3. The first-order valence-electron chi connectivity index (χ1n) is 4.63. The van der Waals surface area contributed by atoms with E-state index in [1.165, 1.54) is 12.1 Å². The van der Waals surface area contributed by atoms with Crippen LogP contribution in [0.2, 0.25) is 0 Å². The van der Waals surface area contributed by atoms with Crippen LogP contribution in [-0.4, -0.2) is 4.92 Å². The van der Waals surface area contributed by atoms with Crippen molar-refractivity contribution >= 4 is 5.69 Å². The summed E-state index contributed by atoms with van der Waals surface area (Å²) in [6.07, 6.45) is 0. The van der Waals surface area contributed by atoms with E-state index in [1.807, 2.05) is 12.1 Å². The highest BCUT2D eigenvalue weighted by Gasteiger charge is 2.19. The molecule has 0 bridgehead atoms. The molecule has 0 spiro atoms. The SMILES string of the molecule is CC(c1cccc([N+](=O)[O-])c1)C(C#N)C#N. The third kappa shape index (κ3) is 2.34. The molecule has 0 aliphatic rings. The molecule has 1 unspecified atom stereocenters. The van der Waals surface area contributed by atoms with Gasteiger partial charge in [0.1, 0.15) is 5.92 Å². The second kappa shape index (κ2) is 4.90. The van der Waals surface area contributed by atoms with Gasteiger partial charge >= 0.3 is 0 Å². The third-order valence-electron chi connectivity index (χ3n) is 2.38. The second-order valence-corrected chi connectivity index (χ2v) is 3.38. The summed E-state index contributed by atoms with van der Waals surface area (Å²) < 4.78 is 0. The van der Waals surface area contributed by atoms with Gasteiger partial charge in [-0.25, -0.2) is 0 Å². The number of non-ortho nitro benzene ring substituents is 1. The van der Waals surface area contributed by atoms with Crippen LogP contribution in [0.1, 0.15) is 18.4 Å². The maximum atomic E-state index is 10.6. The Bertz CT molecular complexity index is 471. The van der Waals surface area contributed by atoms with Crippen LogP contribution < -0.4 is 0 Å². The number of nitro groups is 1. The van der Waals surface area contributed by atoms with Gasteiger partial charge in [0.05, 0.1) is 17.1 Å². The molecule has 0 aliphatic carbocycles. The van der Waals surface area contributed by atoms with Gasteiger partial charge in [0.15, 0.2) is 0 Å². The molecule has 1 aromatic rings. The molecule has 5 nitrogen and oxygen atoms in total. The Morgan fingerprint density at radius 1 is 1.38 bits per heavy atom. The van der Waals surface area contributed by atoms with Crippen molar-refractivity contribution in [2.24, 2.45) is 5.92 Å². The van der Waals surface area contributed by atoms with Gasteiger partial charge < -0.3 is 0 Å². The summed E-state index contributed by atoms with van der Waals surface area (Å²) in [7, 11) is 0. The Labute approximate surface area is 92.7 Å². The monoisotopic (exact) mass is 215 g/mol. The Morgan fingerprint density at radius 2 is 2.00 bits per heavy atom. The van der Waals surface area contributed by atoms with Crippen molar-refractivity contribution in [3.8, 4) is 12.1 Å². The number of nitro benzene ring substituents is 1. The van der Waals surface area contributed by atoms with Crippen LogP contribution in [0.4, 0.5) is 5.69 Å². The van der Waals surface area contributed by atoms with E-state index in [0.717, 1.165) is 0 Å². The number of benzene rings is 1. The van der Waals surface area contributed by atoms with Crippen LogP contribution in [-0.2, 0) is 0 Å². The molecule has 0 saturated carbocycles. The fraction of sp³-hybridized carbons (Fsp3) is 0.273. The first-order chi connectivity index (χ1) is 7.60. The number of nitriles is 2. The van der Waals surface area contributed by atoms with Crippen molar-refractivity contribution in [2.45, 2.75) is 12.8 Å². The number of hydrogen-bond donors (Lipinski definition) is 0. The van der Waals surface area contributed by atoms with E-state index in [2.05, 4.69) is 0 Å². The molecule has 0 fully saturated rings. The Kier molecular flexibility index (Phi) is 3.58. The molecule has 0 N–H and O–H groups in total. The highest BCUT2D eigenvalue weighted by Crippen LogP contribution is 2.26. The van der Waals surface area contributed by atoms with Crippen LogP contribution >= 0.6 is 0 Å². The summed E-state index contributed by atoms with van der Waals surface area (Å²) in [4.78, 5) is 10.1. The zero-order valence-electron chi connectivity index (χ0n) is 8.62. The molecule has 0 saturated heterocycles. The molecule has 16 heavy (non-hydrogen) atoms. The number of hydrogen-bond acceptors (Lipinski definition) is 4. The van der Waals surface area contributed by atoms with Crippen LogP contribution in [0.15, 0.2) is 24.3 Å². The van der Waals surface area contributed by atoms with Crippen LogP contribution in [0.25, 0.3) is 0 Å². The normalized spacial score (nSPS) is 11.5. The second-order valence-electron chi connectivity index (χ2n) is 3.38. The Morgan fingerprint density at radius 3 is 2.50 bits per heavy atom. The first-order valence-corrected chi connectivity index (χ1v) is 4.63. The summed E-state index contributed by atoms with van der Waals surface area (Å²) >= 11 is 0. The van der Waals surface area contributed by atoms with Gasteiger partial charge in [0.2, 0.25) is 0 Å². The highest BCUT2D eigenvalue weighted by molar-refractivity contribution is 5.37. The lowest BCUT2D eigenvalue weighted by Crippen LogP contribution is -2.05. The predicted molar refractivity (Wildman–Crippen MR) is 56.2 cm³/mol. The molecule has 1 atom stereocenters. The molecule has 1 rings (SSSR count). The van der Waals surface area contributed by atoms with E-state index in [-0.39, 0.29) is 11.6 Å². The van der Waals surface area contributed by atoms with E-state index in [9.17, 15) is 10.1 Å². The van der Waals surface area contributed by atoms with Crippen LogP contribution in [0, 0.1) is 38.7 Å². The van der Waals surface area contributed by atoms with E-state index >= 15 is 0 Å². The van der Waals surface area contributed by atoms with Gasteiger partial charge in [0, 0.05) is 18.1 Å².